The summed E-state index contributed by atoms with van der Waals surface area (Å²) in [6.07, 6.45) is 8.61. The van der Waals surface area contributed by atoms with Gasteiger partial charge < -0.3 is 4.90 Å². The summed E-state index contributed by atoms with van der Waals surface area (Å²) in [5.41, 5.74) is 6.25. The smallest absolute Gasteiger partial charge is 0.279 e. The van der Waals surface area contributed by atoms with Crippen LogP contribution in [0.1, 0.15) is 85.3 Å². The quantitative estimate of drug-likeness (QED) is 0.485. The molecule has 0 saturated carbocycles. The van der Waals surface area contributed by atoms with Gasteiger partial charge in [-0.3, -0.25) is 25.2 Å². The lowest BCUT2D eigenvalue weighted by Crippen LogP contribution is -2.41. The van der Waals surface area contributed by atoms with Gasteiger partial charge in [0.15, 0.2) is 0 Å². The first kappa shape index (κ1) is 22.4. The molecule has 1 heterocycles. The first-order chi connectivity index (χ1) is 13.5. The number of aryl methyl sites for hydroxylation is 2. The first-order valence-corrected chi connectivity index (χ1v) is 11.3. The van der Waals surface area contributed by atoms with Gasteiger partial charge in [0.1, 0.15) is 0 Å². The number of fused-ring (bicyclic) bond motifs is 1. The highest BCUT2D eigenvalue weighted by atomic mass is 32.1. The maximum Gasteiger partial charge on any atom is 0.279 e. The Kier molecular flexibility index (Phi) is 9.47. The van der Waals surface area contributed by atoms with E-state index >= 15 is 0 Å². The number of carbonyl (C=O) groups excluding carboxylic acids is 3. The fourth-order valence-electron chi connectivity index (χ4n) is 3.49. The Morgan fingerprint density at radius 1 is 1.00 bits per heavy atom. The van der Waals surface area contributed by atoms with E-state index in [-0.39, 0.29) is 24.1 Å². The third-order valence-corrected chi connectivity index (χ3v) is 6.16. The Morgan fingerprint density at radius 2 is 1.71 bits per heavy atom. The number of rotatable bonds is 9. The molecule has 3 amide bonds. The van der Waals surface area contributed by atoms with E-state index in [2.05, 4.69) is 24.7 Å². The van der Waals surface area contributed by atoms with E-state index in [4.69, 9.17) is 0 Å². The standard InChI is InChI=1S/C21H33N3O3S/c1-3-13-24(14-4-2)20(26)12-8-11-19(25)22-23-21(27)18-15-16-9-6-5-7-10-17(16)28-18/h15H,3-14H2,1-2H3,(H,22,25)(H,23,27). The van der Waals surface area contributed by atoms with E-state index in [0.29, 0.717) is 17.7 Å². The summed E-state index contributed by atoms with van der Waals surface area (Å²) in [6, 6.07) is 1.96. The fourth-order valence-corrected chi connectivity index (χ4v) is 4.64. The molecule has 2 N–H and O–H groups in total. The van der Waals surface area contributed by atoms with E-state index < -0.39 is 0 Å². The van der Waals surface area contributed by atoms with Crippen LogP contribution in [0.4, 0.5) is 0 Å². The number of hydrogen-bond donors (Lipinski definition) is 2. The van der Waals surface area contributed by atoms with Gasteiger partial charge in [-0.15, -0.1) is 11.3 Å². The molecule has 1 aliphatic rings. The van der Waals surface area contributed by atoms with Gasteiger partial charge in [-0.25, -0.2) is 0 Å². The zero-order valence-electron chi connectivity index (χ0n) is 17.1. The highest BCUT2D eigenvalue weighted by Gasteiger charge is 2.17. The number of amides is 3. The molecule has 1 aliphatic carbocycles. The molecule has 156 valence electrons. The summed E-state index contributed by atoms with van der Waals surface area (Å²) in [6.45, 7) is 5.63. The number of hydrazine groups is 1. The summed E-state index contributed by atoms with van der Waals surface area (Å²) in [5, 5.41) is 0. The van der Waals surface area contributed by atoms with Crippen LogP contribution in [-0.4, -0.2) is 35.7 Å². The number of nitrogens with zero attached hydrogens (tertiary/aromatic N) is 1. The fraction of sp³-hybridized carbons (Fsp3) is 0.667. The summed E-state index contributed by atoms with van der Waals surface area (Å²) >= 11 is 1.53. The third-order valence-electron chi connectivity index (χ3n) is 4.92. The minimum Gasteiger partial charge on any atom is -0.343 e. The van der Waals surface area contributed by atoms with Gasteiger partial charge >= 0.3 is 0 Å². The second-order valence-electron chi connectivity index (χ2n) is 7.36. The van der Waals surface area contributed by atoms with Crippen LogP contribution in [0.25, 0.3) is 0 Å². The van der Waals surface area contributed by atoms with Gasteiger partial charge in [-0.2, -0.15) is 0 Å². The molecule has 0 saturated heterocycles. The van der Waals surface area contributed by atoms with Crippen molar-refractivity contribution in [1.82, 2.24) is 15.8 Å². The van der Waals surface area contributed by atoms with Gasteiger partial charge in [0.05, 0.1) is 4.88 Å². The Morgan fingerprint density at radius 3 is 2.43 bits per heavy atom. The van der Waals surface area contributed by atoms with Crippen LogP contribution in [0.2, 0.25) is 0 Å². The Bertz CT molecular complexity index is 642. The van der Waals surface area contributed by atoms with Gasteiger partial charge in [0.25, 0.3) is 5.91 Å². The SMILES string of the molecule is CCCN(CCC)C(=O)CCCC(=O)NNC(=O)c1cc2c(s1)CCCCC2. The van der Waals surface area contributed by atoms with E-state index in [0.717, 1.165) is 38.8 Å². The van der Waals surface area contributed by atoms with Crippen LogP contribution >= 0.6 is 11.3 Å². The minimum atomic E-state index is -0.267. The van der Waals surface area contributed by atoms with E-state index in [1.807, 2.05) is 11.0 Å². The Balaban J connectivity index is 1.70. The van der Waals surface area contributed by atoms with Crippen LogP contribution in [-0.2, 0) is 22.4 Å². The molecule has 1 aromatic heterocycles. The maximum absolute atomic E-state index is 12.3. The number of thiophene rings is 1. The van der Waals surface area contributed by atoms with Crippen molar-refractivity contribution in [3.8, 4) is 0 Å². The summed E-state index contributed by atoms with van der Waals surface area (Å²) in [4.78, 5) is 40.3. The molecule has 0 atom stereocenters. The van der Waals surface area contributed by atoms with E-state index in [1.165, 1.54) is 41.0 Å². The molecular weight excluding hydrogens is 374 g/mol. The lowest BCUT2D eigenvalue weighted by molar-refractivity contribution is -0.131. The van der Waals surface area contributed by atoms with Crippen molar-refractivity contribution in [3.05, 3.63) is 21.4 Å². The van der Waals surface area contributed by atoms with Gasteiger partial charge in [0.2, 0.25) is 11.8 Å². The summed E-state index contributed by atoms with van der Waals surface area (Å²) in [5.74, 6) is -0.433. The predicted molar refractivity (Wildman–Crippen MR) is 112 cm³/mol. The molecule has 6 nitrogen and oxygen atoms in total. The molecule has 28 heavy (non-hydrogen) atoms. The van der Waals surface area contributed by atoms with Crippen LogP contribution in [0, 0.1) is 0 Å². The largest absolute Gasteiger partial charge is 0.343 e. The van der Waals surface area contributed by atoms with Crippen molar-refractivity contribution in [1.29, 1.82) is 0 Å². The summed E-state index contributed by atoms with van der Waals surface area (Å²) < 4.78 is 0. The zero-order valence-corrected chi connectivity index (χ0v) is 18.0. The molecule has 7 heteroatoms. The van der Waals surface area contributed by atoms with Crippen molar-refractivity contribution in [2.45, 2.75) is 78.1 Å². The van der Waals surface area contributed by atoms with Crippen LogP contribution in [0.5, 0.6) is 0 Å². The molecule has 0 aromatic carbocycles. The van der Waals surface area contributed by atoms with Gasteiger partial charge in [-0.05, 0) is 56.6 Å². The normalized spacial score (nSPS) is 13.4. The molecule has 0 bridgehead atoms. The topological polar surface area (TPSA) is 78.5 Å². The lowest BCUT2D eigenvalue weighted by Gasteiger charge is -2.21. The van der Waals surface area contributed by atoms with Crippen LogP contribution in [0.15, 0.2) is 6.07 Å². The summed E-state index contributed by atoms with van der Waals surface area (Å²) in [7, 11) is 0. The second kappa shape index (κ2) is 11.8. The molecule has 0 aliphatic heterocycles. The number of nitrogens with one attached hydrogen (secondary N) is 2. The van der Waals surface area contributed by atoms with Gasteiger partial charge in [0, 0.05) is 30.8 Å². The molecule has 0 fully saturated rings. The first-order valence-electron chi connectivity index (χ1n) is 10.5. The van der Waals surface area contributed by atoms with Crippen molar-refractivity contribution in [2.24, 2.45) is 0 Å². The van der Waals surface area contributed by atoms with Crippen molar-refractivity contribution < 1.29 is 14.4 Å². The molecule has 0 radical (unpaired) electrons. The predicted octanol–water partition coefficient (Wildman–Crippen LogP) is 3.60. The van der Waals surface area contributed by atoms with Gasteiger partial charge in [-0.1, -0.05) is 20.3 Å². The van der Waals surface area contributed by atoms with E-state index in [1.54, 1.807) is 0 Å². The second-order valence-corrected chi connectivity index (χ2v) is 8.49. The Labute approximate surface area is 172 Å². The molecular formula is C21H33N3O3S. The highest BCUT2D eigenvalue weighted by Crippen LogP contribution is 2.28. The van der Waals surface area contributed by atoms with E-state index in [9.17, 15) is 14.4 Å². The maximum atomic E-state index is 12.3. The monoisotopic (exact) mass is 407 g/mol. The van der Waals surface area contributed by atoms with Crippen LogP contribution < -0.4 is 10.9 Å². The van der Waals surface area contributed by atoms with Crippen molar-refractivity contribution in [3.63, 3.8) is 0 Å². The number of hydrogen-bond acceptors (Lipinski definition) is 4. The average Bonchev–Trinajstić information content (AvgIpc) is 2.96. The number of carbonyl (C=O) groups is 3. The average molecular weight is 408 g/mol. The third kappa shape index (κ3) is 6.93. The molecule has 0 spiro atoms. The Hall–Kier alpha value is -1.89. The van der Waals surface area contributed by atoms with Crippen LogP contribution in [0.3, 0.4) is 0 Å². The van der Waals surface area contributed by atoms with Crippen molar-refractivity contribution >= 4 is 29.1 Å². The molecule has 2 rings (SSSR count). The highest BCUT2D eigenvalue weighted by molar-refractivity contribution is 7.14. The molecule has 0 unspecified atom stereocenters. The van der Waals surface area contributed by atoms with Crippen molar-refractivity contribution in [2.75, 3.05) is 13.1 Å². The molecule has 1 aromatic rings. The minimum absolute atomic E-state index is 0.0978. The lowest BCUT2D eigenvalue weighted by atomic mass is 10.1. The zero-order chi connectivity index (χ0) is 20.4.